The van der Waals surface area contributed by atoms with Gasteiger partial charge >= 0.3 is 0 Å². The molecule has 0 aliphatic heterocycles. The fourth-order valence-electron chi connectivity index (χ4n) is 1.90. The second-order valence-electron chi connectivity index (χ2n) is 4.45. The van der Waals surface area contributed by atoms with Gasteiger partial charge in [-0.25, -0.2) is 8.78 Å². The van der Waals surface area contributed by atoms with Gasteiger partial charge in [0.05, 0.1) is 6.10 Å². The zero-order valence-electron chi connectivity index (χ0n) is 10.4. The van der Waals surface area contributed by atoms with E-state index in [1.807, 2.05) is 18.2 Å². The summed E-state index contributed by atoms with van der Waals surface area (Å²) >= 11 is 0. The van der Waals surface area contributed by atoms with Gasteiger partial charge in [-0.05, 0) is 36.6 Å². The Balaban J connectivity index is 1.89. The van der Waals surface area contributed by atoms with Gasteiger partial charge in [0.25, 0.3) is 0 Å². The van der Waals surface area contributed by atoms with Crippen molar-refractivity contribution in [1.82, 2.24) is 4.98 Å². The van der Waals surface area contributed by atoms with Crippen LogP contribution in [0.25, 0.3) is 0 Å². The predicted octanol–water partition coefficient (Wildman–Crippen LogP) is 2.90. The number of pyridine rings is 1. The molecule has 0 saturated carbocycles. The van der Waals surface area contributed by atoms with Gasteiger partial charge in [-0.2, -0.15) is 0 Å². The van der Waals surface area contributed by atoms with Crippen molar-refractivity contribution < 1.29 is 13.9 Å². The lowest BCUT2D eigenvalue weighted by Gasteiger charge is -2.11. The minimum absolute atomic E-state index is 0.180. The van der Waals surface area contributed by atoms with Crippen LogP contribution in [0, 0.1) is 11.6 Å². The van der Waals surface area contributed by atoms with E-state index in [9.17, 15) is 13.9 Å². The number of aryl methyl sites for hydroxylation is 1. The first kappa shape index (κ1) is 13.6. The van der Waals surface area contributed by atoms with E-state index >= 15 is 0 Å². The first-order valence-corrected chi connectivity index (χ1v) is 6.17. The first-order valence-electron chi connectivity index (χ1n) is 6.17. The summed E-state index contributed by atoms with van der Waals surface area (Å²) in [5.74, 6) is -1.22. The van der Waals surface area contributed by atoms with Crippen molar-refractivity contribution in [3.8, 4) is 0 Å². The average molecular weight is 263 g/mol. The average Bonchev–Trinajstić information content (AvgIpc) is 2.41. The predicted molar refractivity (Wildman–Crippen MR) is 68.6 cm³/mol. The van der Waals surface area contributed by atoms with Crippen molar-refractivity contribution >= 4 is 0 Å². The van der Waals surface area contributed by atoms with E-state index < -0.39 is 17.7 Å². The van der Waals surface area contributed by atoms with Gasteiger partial charge in [0.15, 0.2) is 0 Å². The summed E-state index contributed by atoms with van der Waals surface area (Å²) in [5.41, 5.74) is 1.22. The maximum absolute atomic E-state index is 13.4. The lowest BCUT2D eigenvalue weighted by atomic mass is 10.0. The molecule has 0 aliphatic carbocycles. The highest BCUT2D eigenvalue weighted by molar-refractivity contribution is 5.19. The van der Waals surface area contributed by atoms with Gasteiger partial charge in [-0.1, -0.05) is 12.1 Å². The Morgan fingerprint density at radius 2 is 2.00 bits per heavy atom. The third-order valence-electron chi connectivity index (χ3n) is 2.93. The number of benzene rings is 1. The van der Waals surface area contributed by atoms with Gasteiger partial charge in [-0.3, -0.25) is 4.98 Å². The lowest BCUT2D eigenvalue weighted by molar-refractivity contribution is 0.163. The van der Waals surface area contributed by atoms with Crippen LogP contribution < -0.4 is 0 Å². The molecular formula is C15H15F2NO. The molecule has 0 fully saturated rings. The number of aromatic nitrogens is 1. The molecule has 2 nitrogen and oxygen atoms in total. The molecule has 19 heavy (non-hydrogen) atoms. The fourth-order valence-corrected chi connectivity index (χ4v) is 1.90. The standard InChI is InChI=1S/C15H15F2NO/c16-12-5-4-11(15(17)10-12)9-14(19)7-6-13-3-1-2-8-18-13/h1-5,8,10,14,19H,6-7,9H2. The van der Waals surface area contributed by atoms with Crippen molar-refractivity contribution in [3.05, 3.63) is 65.5 Å². The Kier molecular flexibility index (Phi) is 4.58. The SMILES string of the molecule is OC(CCc1ccccn1)Cc1ccc(F)cc1F. The largest absolute Gasteiger partial charge is 0.393 e. The van der Waals surface area contributed by atoms with Crippen molar-refractivity contribution in [1.29, 1.82) is 0 Å². The van der Waals surface area contributed by atoms with Gasteiger partial charge in [-0.15, -0.1) is 0 Å². The maximum atomic E-state index is 13.4. The topological polar surface area (TPSA) is 33.1 Å². The molecule has 4 heteroatoms. The Bertz CT molecular complexity index is 531. The minimum atomic E-state index is -0.665. The second kappa shape index (κ2) is 6.38. The Morgan fingerprint density at radius 3 is 2.68 bits per heavy atom. The van der Waals surface area contributed by atoms with Crippen molar-refractivity contribution in [2.75, 3.05) is 0 Å². The zero-order valence-corrected chi connectivity index (χ0v) is 10.4. The Hall–Kier alpha value is -1.81. The van der Waals surface area contributed by atoms with E-state index in [1.54, 1.807) is 6.20 Å². The molecule has 1 atom stereocenters. The van der Waals surface area contributed by atoms with E-state index in [-0.39, 0.29) is 6.42 Å². The molecule has 1 N–H and O–H groups in total. The van der Waals surface area contributed by atoms with E-state index in [0.29, 0.717) is 18.4 Å². The maximum Gasteiger partial charge on any atom is 0.129 e. The van der Waals surface area contributed by atoms with Crippen LogP contribution in [0.5, 0.6) is 0 Å². The van der Waals surface area contributed by atoms with Crippen LogP contribution in [0.4, 0.5) is 8.78 Å². The summed E-state index contributed by atoms with van der Waals surface area (Å²) in [5, 5.41) is 9.87. The first-order chi connectivity index (χ1) is 9.15. The molecule has 1 heterocycles. The molecule has 2 rings (SSSR count). The van der Waals surface area contributed by atoms with E-state index in [4.69, 9.17) is 0 Å². The van der Waals surface area contributed by atoms with Crippen LogP contribution in [0.1, 0.15) is 17.7 Å². The van der Waals surface area contributed by atoms with Crippen LogP contribution >= 0.6 is 0 Å². The normalized spacial score (nSPS) is 12.4. The zero-order chi connectivity index (χ0) is 13.7. The van der Waals surface area contributed by atoms with E-state index in [1.165, 1.54) is 12.1 Å². The van der Waals surface area contributed by atoms with Crippen molar-refractivity contribution in [3.63, 3.8) is 0 Å². The molecular weight excluding hydrogens is 248 g/mol. The van der Waals surface area contributed by atoms with E-state index in [0.717, 1.165) is 11.8 Å². The summed E-state index contributed by atoms with van der Waals surface area (Å²) < 4.78 is 26.2. The van der Waals surface area contributed by atoms with Crippen LogP contribution in [0.3, 0.4) is 0 Å². The van der Waals surface area contributed by atoms with Gasteiger partial charge < -0.3 is 5.11 Å². The molecule has 0 amide bonds. The summed E-state index contributed by atoms with van der Waals surface area (Å²) in [6.07, 6.45) is 2.33. The van der Waals surface area contributed by atoms with Crippen LogP contribution in [0.15, 0.2) is 42.6 Å². The third kappa shape index (κ3) is 4.10. The smallest absolute Gasteiger partial charge is 0.129 e. The third-order valence-corrected chi connectivity index (χ3v) is 2.93. The number of aliphatic hydroxyl groups excluding tert-OH is 1. The highest BCUT2D eigenvalue weighted by Crippen LogP contribution is 2.14. The molecule has 100 valence electrons. The van der Waals surface area contributed by atoms with Crippen LogP contribution in [-0.2, 0) is 12.8 Å². The molecule has 0 bridgehead atoms. The summed E-state index contributed by atoms with van der Waals surface area (Å²) in [7, 11) is 0. The number of aliphatic hydroxyl groups is 1. The second-order valence-corrected chi connectivity index (χ2v) is 4.45. The fraction of sp³-hybridized carbons (Fsp3) is 0.267. The Labute approximate surface area is 110 Å². The van der Waals surface area contributed by atoms with Gasteiger partial charge in [0.2, 0.25) is 0 Å². The van der Waals surface area contributed by atoms with Gasteiger partial charge in [0.1, 0.15) is 11.6 Å². The molecule has 1 unspecified atom stereocenters. The number of hydrogen-bond donors (Lipinski definition) is 1. The molecule has 0 spiro atoms. The number of rotatable bonds is 5. The molecule has 1 aromatic heterocycles. The molecule has 0 saturated heterocycles. The molecule has 0 radical (unpaired) electrons. The summed E-state index contributed by atoms with van der Waals surface area (Å²) in [4.78, 5) is 4.15. The summed E-state index contributed by atoms with van der Waals surface area (Å²) in [6, 6.07) is 8.99. The summed E-state index contributed by atoms with van der Waals surface area (Å²) in [6.45, 7) is 0. The van der Waals surface area contributed by atoms with Crippen molar-refractivity contribution in [2.24, 2.45) is 0 Å². The molecule has 1 aromatic carbocycles. The number of halogens is 2. The quantitative estimate of drug-likeness (QED) is 0.899. The Morgan fingerprint density at radius 1 is 1.16 bits per heavy atom. The lowest BCUT2D eigenvalue weighted by Crippen LogP contribution is -2.13. The highest BCUT2D eigenvalue weighted by Gasteiger charge is 2.10. The monoisotopic (exact) mass is 263 g/mol. The van der Waals surface area contributed by atoms with Crippen LogP contribution in [-0.4, -0.2) is 16.2 Å². The van der Waals surface area contributed by atoms with Crippen molar-refractivity contribution in [2.45, 2.75) is 25.4 Å². The van der Waals surface area contributed by atoms with E-state index in [2.05, 4.69) is 4.98 Å². The van der Waals surface area contributed by atoms with Gasteiger partial charge in [0, 0.05) is 24.4 Å². The van der Waals surface area contributed by atoms with Crippen LogP contribution in [0.2, 0.25) is 0 Å². The highest BCUT2D eigenvalue weighted by atomic mass is 19.1. The minimum Gasteiger partial charge on any atom is -0.393 e. The number of nitrogens with zero attached hydrogens (tertiary/aromatic N) is 1. The number of hydrogen-bond acceptors (Lipinski definition) is 2. The molecule has 0 aliphatic rings. The molecule has 2 aromatic rings.